The van der Waals surface area contributed by atoms with Crippen molar-refractivity contribution in [3.05, 3.63) is 71.3 Å². The number of rotatable bonds is 4. The molecule has 1 aromatic heterocycles. The van der Waals surface area contributed by atoms with Crippen molar-refractivity contribution >= 4 is 23.2 Å². The molecule has 29 heavy (non-hydrogen) atoms. The van der Waals surface area contributed by atoms with Crippen molar-refractivity contribution in [2.75, 3.05) is 10.6 Å². The summed E-state index contributed by atoms with van der Waals surface area (Å²) in [5.74, 6) is -0.881. The van der Waals surface area contributed by atoms with Crippen LogP contribution in [0.5, 0.6) is 0 Å². The van der Waals surface area contributed by atoms with Crippen molar-refractivity contribution in [3.8, 4) is 0 Å². The summed E-state index contributed by atoms with van der Waals surface area (Å²) in [5, 5.41) is 13.5. The molecule has 0 bridgehead atoms. The van der Waals surface area contributed by atoms with E-state index in [2.05, 4.69) is 20.9 Å². The van der Waals surface area contributed by atoms with Crippen LogP contribution in [0.3, 0.4) is 0 Å². The molecule has 0 aliphatic carbocycles. The predicted molar refractivity (Wildman–Crippen MR) is 103 cm³/mol. The summed E-state index contributed by atoms with van der Waals surface area (Å²) in [6.45, 7) is 1.97. The highest BCUT2D eigenvalue weighted by Crippen LogP contribution is 2.27. The van der Waals surface area contributed by atoms with Gasteiger partial charge in [0.2, 0.25) is 5.91 Å². The highest BCUT2D eigenvalue weighted by atomic mass is 19.1. The Kier molecular flexibility index (Phi) is 5.05. The quantitative estimate of drug-likeness (QED) is 0.708. The summed E-state index contributed by atoms with van der Waals surface area (Å²) in [7, 11) is 0. The first kappa shape index (κ1) is 18.8. The Bertz CT molecular complexity index is 1050. The van der Waals surface area contributed by atoms with Crippen LogP contribution in [-0.2, 0) is 22.7 Å². The largest absolute Gasteiger partial charge is 0.365 e. The summed E-state index contributed by atoms with van der Waals surface area (Å²) in [5.41, 5.74) is 2.80. The first-order valence-electron chi connectivity index (χ1n) is 8.98. The van der Waals surface area contributed by atoms with E-state index < -0.39 is 5.91 Å². The summed E-state index contributed by atoms with van der Waals surface area (Å²) >= 11 is 0. The molecule has 2 heterocycles. The fourth-order valence-electron chi connectivity index (χ4n) is 3.10. The molecule has 0 fully saturated rings. The van der Waals surface area contributed by atoms with Gasteiger partial charge in [0, 0.05) is 18.3 Å². The third-order valence-electron chi connectivity index (χ3n) is 4.52. The van der Waals surface area contributed by atoms with Gasteiger partial charge in [0.1, 0.15) is 11.9 Å². The Morgan fingerprint density at radius 1 is 1.07 bits per heavy atom. The fraction of sp³-hybridized carbons (Fsp3) is 0.200. The van der Waals surface area contributed by atoms with E-state index in [-0.39, 0.29) is 30.1 Å². The van der Waals surface area contributed by atoms with Crippen molar-refractivity contribution in [2.24, 2.45) is 0 Å². The van der Waals surface area contributed by atoms with E-state index in [9.17, 15) is 14.0 Å². The number of ether oxygens (including phenoxy) is 1. The normalized spacial score (nSPS) is 15.4. The second-order valence-electron chi connectivity index (χ2n) is 6.63. The number of nitrogens with one attached hydrogen (secondary N) is 2. The van der Waals surface area contributed by atoms with E-state index in [1.54, 1.807) is 41.1 Å². The molecule has 9 heteroatoms. The SMILES string of the molecule is CC(=O)Nc1ccc(NC(=O)c2nnn3c2CO[C@H](c2ccc(F)cc2)C3)cc1. The molecule has 3 aromatic rings. The lowest BCUT2D eigenvalue weighted by molar-refractivity contribution is -0.114. The smallest absolute Gasteiger partial charge is 0.278 e. The molecular weight excluding hydrogens is 377 g/mol. The minimum Gasteiger partial charge on any atom is -0.365 e. The predicted octanol–water partition coefficient (Wildman–Crippen LogP) is 2.90. The number of amides is 2. The highest BCUT2D eigenvalue weighted by molar-refractivity contribution is 6.03. The minimum absolute atomic E-state index is 0.166. The number of aromatic nitrogens is 3. The standard InChI is InChI=1S/C20H18FN5O3/c1-12(27)22-15-6-8-16(9-7-15)23-20(28)19-17-11-29-18(10-26(17)25-24-19)13-2-4-14(21)5-3-13/h2-9,18H,10-11H2,1H3,(H,22,27)(H,23,28)/t18-/m0/s1. The minimum atomic E-state index is -0.401. The van der Waals surface area contributed by atoms with Gasteiger partial charge in [-0.15, -0.1) is 5.10 Å². The molecule has 0 spiro atoms. The molecule has 0 radical (unpaired) electrons. The van der Waals surface area contributed by atoms with Gasteiger partial charge in [-0.05, 0) is 42.0 Å². The van der Waals surface area contributed by atoms with E-state index in [4.69, 9.17) is 4.74 Å². The van der Waals surface area contributed by atoms with E-state index in [0.29, 0.717) is 23.6 Å². The van der Waals surface area contributed by atoms with Gasteiger partial charge in [0.25, 0.3) is 5.91 Å². The van der Waals surface area contributed by atoms with Gasteiger partial charge in [-0.3, -0.25) is 9.59 Å². The summed E-state index contributed by atoms with van der Waals surface area (Å²) in [6.07, 6.45) is -0.290. The van der Waals surface area contributed by atoms with Crippen molar-refractivity contribution in [1.29, 1.82) is 0 Å². The van der Waals surface area contributed by atoms with Crippen molar-refractivity contribution < 1.29 is 18.7 Å². The third kappa shape index (κ3) is 4.14. The Morgan fingerprint density at radius 3 is 2.38 bits per heavy atom. The van der Waals surface area contributed by atoms with Crippen LogP contribution < -0.4 is 10.6 Å². The number of carbonyl (C=O) groups excluding carboxylic acids is 2. The topological polar surface area (TPSA) is 98.1 Å². The number of halogens is 1. The second kappa shape index (κ2) is 7.80. The van der Waals surface area contributed by atoms with Crippen molar-refractivity contribution in [3.63, 3.8) is 0 Å². The zero-order valence-corrected chi connectivity index (χ0v) is 15.6. The van der Waals surface area contributed by atoms with Crippen LogP contribution in [0.1, 0.15) is 34.8 Å². The number of benzene rings is 2. The van der Waals surface area contributed by atoms with E-state index in [1.807, 2.05) is 0 Å². The molecule has 148 valence electrons. The number of fused-ring (bicyclic) bond motifs is 1. The zero-order chi connectivity index (χ0) is 20.4. The van der Waals surface area contributed by atoms with Crippen LogP contribution in [0, 0.1) is 5.82 Å². The van der Waals surface area contributed by atoms with Gasteiger partial charge in [-0.25, -0.2) is 9.07 Å². The third-order valence-corrected chi connectivity index (χ3v) is 4.52. The maximum absolute atomic E-state index is 13.1. The first-order valence-corrected chi connectivity index (χ1v) is 8.98. The summed E-state index contributed by atoms with van der Waals surface area (Å²) in [4.78, 5) is 23.7. The lowest BCUT2D eigenvalue weighted by Gasteiger charge is -2.24. The maximum Gasteiger partial charge on any atom is 0.278 e. The zero-order valence-electron chi connectivity index (χ0n) is 15.6. The van der Waals surface area contributed by atoms with Crippen LogP contribution in [0.25, 0.3) is 0 Å². The van der Waals surface area contributed by atoms with Crippen LogP contribution >= 0.6 is 0 Å². The number of carbonyl (C=O) groups is 2. The molecule has 0 saturated heterocycles. The van der Waals surface area contributed by atoms with E-state index in [0.717, 1.165) is 5.56 Å². The molecule has 2 aromatic carbocycles. The van der Waals surface area contributed by atoms with Crippen LogP contribution in [-0.4, -0.2) is 26.8 Å². The van der Waals surface area contributed by atoms with Crippen LogP contribution in [0.4, 0.5) is 15.8 Å². The van der Waals surface area contributed by atoms with Gasteiger partial charge in [0.15, 0.2) is 5.69 Å². The van der Waals surface area contributed by atoms with Crippen LogP contribution in [0.15, 0.2) is 48.5 Å². The molecular formula is C20H18FN5O3. The van der Waals surface area contributed by atoms with Gasteiger partial charge in [0.05, 0.1) is 18.8 Å². The molecule has 2 amide bonds. The monoisotopic (exact) mass is 395 g/mol. The molecule has 2 N–H and O–H groups in total. The Balaban J connectivity index is 1.45. The Labute approximate surface area is 165 Å². The van der Waals surface area contributed by atoms with Gasteiger partial charge < -0.3 is 15.4 Å². The molecule has 4 rings (SSSR count). The van der Waals surface area contributed by atoms with Gasteiger partial charge in [-0.2, -0.15) is 0 Å². The lowest BCUT2D eigenvalue weighted by Crippen LogP contribution is -2.24. The number of hydrogen-bond acceptors (Lipinski definition) is 5. The van der Waals surface area contributed by atoms with Crippen molar-refractivity contribution in [2.45, 2.75) is 26.2 Å². The van der Waals surface area contributed by atoms with E-state index >= 15 is 0 Å². The molecule has 1 atom stereocenters. The number of anilines is 2. The van der Waals surface area contributed by atoms with Crippen molar-refractivity contribution in [1.82, 2.24) is 15.0 Å². The fourth-order valence-corrected chi connectivity index (χ4v) is 3.10. The van der Waals surface area contributed by atoms with Gasteiger partial charge >= 0.3 is 0 Å². The lowest BCUT2D eigenvalue weighted by atomic mass is 10.1. The molecule has 8 nitrogen and oxygen atoms in total. The summed E-state index contributed by atoms with van der Waals surface area (Å²) in [6, 6.07) is 12.8. The Morgan fingerprint density at radius 2 is 1.72 bits per heavy atom. The molecule has 0 unspecified atom stereocenters. The first-order chi connectivity index (χ1) is 14.0. The highest BCUT2D eigenvalue weighted by Gasteiger charge is 2.27. The molecule has 1 aliphatic heterocycles. The average Bonchev–Trinajstić information content (AvgIpc) is 3.13. The average molecular weight is 395 g/mol. The number of nitrogens with zero attached hydrogens (tertiary/aromatic N) is 3. The van der Waals surface area contributed by atoms with Crippen LogP contribution in [0.2, 0.25) is 0 Å². The van der Waals surface area contributed by atoms with E-state index in [1.165, 1.54) is 19.1 Å². The molecule has 1 aliphatic rings. The Hall–Kier alpha value is -3.59. The maximum atomic E-state index is 13.1. The summed E-state index contributed by atoms with van der Waals surface area (Å²) < 4.78 is 20.6. The second-order valence-corrected chi connectivity index (χ2v) is 6.63. The van der Waals surface area contributed by atoms with Gasteiger partial charge in [-0.1, -0.05) is 17.3 Å². The number of hydrogen-bond donors (Lipinski definition) is 2. The molecule has 0 saturated carbocycles.